The molecule has 1 aliphatic heterocycles. The summed E-state index contributed by atoms with van der Waals surface area (Å²) in [6.45, 7) is 5.89. The van der Waals surface area contributed by atoms with E-state index in [2.05, 4.69) is 23.8 Å². The molecular formula is C15H21N3O3. The summed E-state index contributed by atoms with van der Waals surface area (Å²) < 4.78 is 0. The lowest BCUT2D eigenvalue weighted by Gasteiger charge is -2.21. The quantitative estimate of drug-likeness (QED) is 0.921. The van der Waals surface area contributed by atoms with Crippen molar-refractivity contribution in [3.05, 3.63) is 23.8 Å². The number of carbonyl (C=O) groups is 2. The van der Waals surface area contributed by atoms with Gasteiger partial charge in [-0.3, -0.25) is 4.79 Å². The van der Waals surface area contributed by atoms with Gasteiger partial charge in [0.2, 0.25) is 0 Å². The Morgan fingerprint density at radius 3 is 2.43 bits per heavy atom. The van der Waals surface area contributed by atoms with E-state index >= 15 is 0 Å². The third-order valence-electron chi connectivity index (χ3n) is 4.09. The highest BCUT2D eigenvalue weighted by atomic mass is 16.4. The molecule has 1 fully saturated rings. The Morgan fingerprint density at radius 1 is 1.19 bits per heavy atom. The minimum absolute atomic E-state index is 0.151. The number of aromatic nitrogens is 2. The highest BCUT2D eigenvalue weighted by molar-refractivity contribution is 5.92. The van der Waals surface area contributed by atoms with Gasteiger partial charge in [0.05, 0.1) is 12.4 Å². The van der Waals surface area contributed by atoms with Crippen molar-refractivity contribution in [3.63, 3.8) is 0 Å². The van der Waals surface area contributed by atoms with Gasteiger partial charge in [0, 0.05) is 13.1 Å². The van der Waals surface area contributed by atoms with Crippen LogP contribution in [0.4, 0.5) is 0 Å². The van der Waals surface area contributed by atoms with Crippen LogP contribution in [0.5, 0.6) is 0 Å². The molecule has 6 heteroatoms. The Labute approximate surface area is 124 Å². The summed E-state index contributed by atoms with van der Waals surface area (Å²) >= 11 is 0. The second-order valence-corrected chi connectivity index (χ2v) is 5.82. The lowest BCUT2D eigenvalue weighted by Crippen LogP contribution is -2.33. The first-order valence-electron chi connectivity index (χ1n) is 7.33. The van der Waals surface area contributed by atoms with E-state index in [4.69, 9.17) is 5.11 Å². The van der Waals surface area contributed by atoms with Crippen LogP contribution in [0.15, 0.2) is 12.4 Å². The first-order valence-corrected chi connectivity index (χ1v) is 7.33. The Hall–Kier alpha value is -1.98. The molecule has 1 aromatic heterocycles. The number of carboxylic acid groups (broad SMARTS) is 1. The maximum absolute atomic E-state index is 12.4. The molecule has 1 aliphatic rings. The first-order chi connectivity index (χ1) is 9.99. The predicted molar refractivity (Wildman–Crippen MR) is 77.1 cm³/mol. The second-order valence-electron chi connectivity index (χ2n) is 5.82. The Balaban J connectivity index is 2.04. The van der Waals surface area contributed by atoms with Crippen molar-refractivity contribution in [2.45, 2.75) is 33.1 Å². The van der Waals surface area contributed by atoms with Crippen LogP contribution >= 0.6 is 0 Å². The summed E-state index contributed by atoms with van der Waals surface area (Å²) in [7, 11) is 0. The third kappa shape index (κ3) is 3.77. The molecule has 1 atom stereocenters. The lowest BCUT2D eigenvalue weighted by molar-refractivity contribution is 0.0685. The molecule has 1 aromatic rings. The average molecular weight is 291 g/mol. The van der Waals surface area contributed by atoms with Gasteiger partial charge in [-0.25, -0.2) is 14.8 Å². The zero-order chi connectivity index (χ0) is 15.4. The normalized spacial score (nSPS) is 19.4. The summed E-state index contributed by atoms with van der Waals surface area (Å²) in [5.41, 5.74) is 0.0604. The van der Waals surface area contributed by atoms with Gasteiger partial charge in [-0.05, 0) is 31.1 Å². The van der Waals surface area contributed by atoms with Gasteiger partial charge in [0.25, 0.3) is 5.91 Å². The monoisotopic (exact) mass is 291 g/mol. The predicted octanol–water partition coefficient (Wildman–Crippen LogP) is 2.07. The molecule has 0 radical (unpaired) electrons. The largest absolute Gasteiger partial charge is 0.476 e. The van der Waals surface area contributed by atoms with E-state index in [0.717, 1.165) is 38.5 Å². The summed E-state index contributed by atoms with van der Waals surface area (Å²) in [6, 6.07) is 0. The molecule has 0 saturated carbocycles. The van der Waals surface area contributed by atoms with Gasteiger partial charge in [0.1, 0.15) is 5.69 Å². The second kappa shape index (κ2) is 6.65. The summed E-state index contributed by atoms with van der Waals surface area (Å²) in [4.78, 5) is 32.6. The van der Waals surface area contributed by atoms with E-state index in [-0.39, 0.29) is 17.3 Å². The molecule has 0 bridgehead atoms. The third-order valence-corrected chi connectivity index (χ3v) is 4.09. The van der Waals surface area contributed by atoms with Gasteiger partial charge in [-0.15, -0.1) is 0 Å². The maximum Gasteiger partial charge on any atom is 0.356 e. The van der Waals surface area contributed by atoms with Gasteiger partial charge >= 0.3 is 5.97 Å². The van der Waals surface area contributed by atoms with Crippen molar-refractivity contribution in [2.75, 3.05) is 13.1 Å². The van der Waals surface area contributed by atoms with Gasteiger partial charge < -0.3 is 10.0 Å². The molecular weight excluding hydrogens is 270 g/mol. The number of hydrogen-bond acceptors (Lipinski definition) is 4. The Kier molecular flexibility index (Phi) is 4.88. The average Bonchev–Trinajstić information content (AvgIpc) is 2.72. The van der Waals surface area contributed by atoms with E-state index < -0.39 is 5.97 Å². The molecule has 21 heavy (non-hydrogen) atoms. The highest BCUT2D eigenvalue weighted by Crippen LogP contribution is 2.25. The smallest absolute Gasteiger partial charge is 0.356 e. The summed E-state index contributed by atoms with van der Waals surface area (Å²) in [5, 5.41) is 8.78. The molecule has 0 spiro atoms. The minimum Gasteiger partial charge on any atom is -0.476 e. The van der Waals surface area contributed by atoms with Crippen LogP contribution in [0.2, 0.25) is 0 Å². The fourth-order valence-corrected chi connectivity index (χ4v) is 2.70. The molecule has 1 N–H and O–H groups in total. The molecule has 114 valence electrons. The molecule has 1 saturated heterocycles. The van der Waals surface area contributed by atoms with E-state index in [1.807, 2.05) is 0 Å². The van der Waals surface area contributed by atoms with Gasteiger partial charge in [-0.1, -0.05) is 13.8 Å². The van der Waals surface area contributed by atoms with Crippen molar-refractivity contribution in [2.24, 2.45) is 11.8 Å². The van der Waals surface area contributed by atoms with Crippen LogP contribution in [0.1, 0.15) is 54.1 Å². The zero-order valence-electron chi connectivity index (χ0n) is 12.5. The highest BCUT2D eigenvalue weighted by Gasteiger charge is 2.24. The maximum atomic E-state index is 12.4. The summed E-state index contributed by atoms with van der Waals surface area (Å²) in [5.74, 6) is -0.0159. The minimum atomic E-state index is -1.14. The van der Waals surface area contributed by atoms with Gasteiger partial charge in [0.15, 0.2) is 5.69 Å². The number of nitrogens with zero attached hydrogens (tertiary/aromatic N) is 3. The number of aromatic carboxylic acids is 1. The van der Waals surface area contributed by atoms with Crippen LogP contribution in [0.25, 0.3) is 0 Å². The van der Waals surface area contributed by atoms with Crippen molar-refractivity contribution >= 4 is 11.9 Å². The number of carbonyl (C=O) groups excluding carboxylic acids is 1. The SMILES string of the molecule is CC(C)C1CCCN(C(=O)c2cnc(C(=O)O)cn2)CC1. The molecule has 2 rings (SSSR count). The van der Waals surface area contributed by atoms with Crippen molar-refractivity contribution < 1.29 is 14.7 Å². The number of carboxylic acids is 1. The molecule has 0 aliphatic carbocycles. The molecule has 0 aromatic carbocycles. The van der Waals surface area contributed by atoms with E-state index in [9.17, 15) is 9.59 Å². The van der Waals surface area contributed by atoms with Crippen molar-refractivity contribution in [1.29, 1.82) is 0 Å². The molecule has 2 heterocycles. The van der Waals surface area contributed by atoms with Crippen molar-refractivity contribution in [3.8, 4) is 0 Å². The number of amides is 1. The summed E-state index contributed by atoms with van der Waals surface area (Å²) in [6.07, 6.45) is 5.52. The molecule has 1 unspecified atom stereocenters. The lowest BCUT2D eigenvalue weighted by atomic mass is 9.89. The standard InChI is InChI=1S/C15H21N3O3/c1-10(2)11-4-3-6-18(7-5-11)14(19)12-8-17-13(9-16-12)15(20)21/h8-11H,3-7H2,1-2H3,(H,20,21). The molecule has 1 amide bonds. The fourth-order valence-electron chi connectivity index (χ4n) is 2.70. The Morgan fingerprint density at radius 2 is 1.86 bits per heavy atom. The fraction of sp³-hybridized carbons (Fsp3) is 0.600. The van der Waals surface area contributed by atoms with Crippen LogP contribution in [-0.4, -0.2) is 44.9 Å². The number of hydrogen-bond donors (Lipinski definition) is 1. The Bertz CT molecular complexity index is 513. The number of likely N-dealkylation sites (tertiary alicyclic amines) is 1. The topological polar surface area (TPSA) is 83.4 Å². The van der Waals surface area contributed by atoms with Crippen molar-refractivity contribution in [1.82, 2.24) is 14.9 Å². The van der Waals surface area contributed by atoms with Gasteiger partial charge in [-0.2, -0.15) is 0 Å². The van der Waals surface area contributed by atoms with E-state index in [1.54, 1.807) is 4.90 Å². The van der Waals surface area contributed by atoms with Crippen LogP contribution in [0, 0.1) is 11.8 Å². The zero-order valence-corrected chi connectivity index (χ0v) is 12.5. The van der Waals surface area contributed by atoms with E-state index in [1.165, 1.54) is 6.20 Å². The first kappa shape index (κ1) is 15.4. The van der Waals surface area contributed by atoms with E-state index in [0.29, 0.717) is 11.8 Å². The van der Waals surface area contributed by atoms with Crippen LogP contribution < -0.4 is 0 Å². The van der Waals surface area contributed by atoms with Crippen LogP contribution in [0.3, 0.4) is 0 Å². The number of rotatable bonds is 3. The van der Waals surface area contributed by atoms with Crippen LogP contribution in [-0.2, 0) is 0 Å². The molecule has 6 nitrogen and oxygen atoms in total.